The van der Waals surface area contributed by atoms with Gasteiger partial charge in [-0.25, -0.2) is 4.39 Å². The molecule has 0 radical (unpaired) electrons. The molecule has 0 aliphatic heterocycles. The Balaban J connectivity index is 1.71. The van der Waals surface area contributed by atoms with E-state index in [2.05, 4.69) is 5.32 Å². The average molecular weight is 228 g/mol. The van der Waals surface area contributed by atoms with Gasteiger partial charge in [-0.15, -0.1) is 0 Å². The van der Waals surface area contributed by atoms with Crippen LogP contribution in [0.1, 0.15) is 18.4 Å². The van der Waals surface area contributed by atoms with Gasteiger partial charge in [0.15, 0.2) is 0 Å². The van der Waals surface area contributed by atoms with Crippen LogP contribution in [0, 0.1) is 0 Å². The largest absolute Gasteiger partial charge is 0.311 e. The van der Waals surface area contributed by atoms with Gasteiger partial charge in [0.1, 0.15) is 6.17 Å². The van der Waals surface area contributed by atoms with Crippen LogP contribution in [0.15, 0.2) is 24.3 Å². The first-order valence-electron chi connectivity index (χ1n) is 5.37. The Morgan fingerprint density at radius 1 is 1.27 bits per heavy atom. The van der Waals surface area contributed by atoms with E-state index >= 15 is 0 Å². The minimum absolute atomic E-state index is 0.0947. The second kappa shape index (κ2) is 4.95. The predicted molar refractivity (Wildman–Crippen MR) is 61.1 cm³/mol. The summed E-state index contributed by atoms with van der Waals surface area (Å²) in [6.45, 7) is 0.840. The molecule has 82 valence electrons. The number of alkyl halides is 1. The minimum atomic E-state index is -0.629. The molecule has 0 bridgehead atoms. The van der Waals surface area contributed by atoms with Crippen molar-refractivity contribution in [2.45, 2.75) is 31.5 Å². The maximum Gasteiger partial charge on any atom is 0.115 e. The molecule has 1 saturated carbocycles. The van der Waals surface area contributed by atoms with Crippen LogP contribution in [0.3, 0.4) is 0 Å². The van der Waals surface area contributed by atoms with Gasteiger partial charge in [0.05, 0.1) is 0 Å². The molecule has 1 N–H and O–H groups in total. The molecule has 0 saturated heterocycles. The Bertz CT molecular complexity index is 312. The third-order valence-electron chi connectivity index (χ3n) is 2.92. The monoisotopic (exact) mass is 227 g/mol. The van der Waals surface area contributed by atoms with Crippen LogP contribution in [0.2, 0.25) is 5.02 Å². The molecule has 0 amide bonds. The van der Waals surface area contributed by atoms with E-state index in [0.717, 1.165) is 30.8 Å². The normalized spacial score (nSPS) is 24.9. The van der Waals surface area contributed by atoms with Gasteiger partial charge in [-0.1, -0.05) is 23.7 Å². The van der Waals surface area contributed by atoms with Crippen LogP contribution in [0.5, 0.6) is 0 Å². The molecule has 15 heavy (non-hydrogen) atoms. The first-order chi connectivity index (χ1) is 7.25. The van der Waals surface area contributed by atoms with Crippen molar-refractivity contribution in [1.82, 2.24) is 5.32 Å². The van der Waals surface area contributed by atoms with Crippen molar-refractivity contribution >= 4 is 11.6 Å². The summed E-state index contributed by atoms with van der Waals surface area (Å²) in [5, 5.41) is 3.98. The minimum Gasteiger partial charge on any atom is -0.311 e. The highest BCUT2D eigenvalue weighted by Gasteiger charge is 2.29. The summed E-state index contributed by atoms with van der Waals surface area (Å²) in [4.78, 5) is 0. The van der Waals surface area contributed by atoms with Crippen molar-refractivity contribution in [2.24, 2.45) is 0 Å². The lowest BCUT2D eigenvalue weighted by molar-refractivity contribution is 0.143. The van der Waals surface area contributed by atoms with E-state index in [1.165, 1.54) is 5.56 Å². The van der Waals surface area contributed by atoms with E-state index in [1.807, 2.05) is 24.3 Å². The average Bonchev–Trinajstić information content (AvgIpc) is 2.25. The Labute approximate surface area is 94.6 Å². The summed E-state index contributed by atoms with van der Waals surface area (Å²) >= 11 is 5.78. The Kier molecular flexibility index (Phi) is 3.60. The standard InChI is InChI=1S/C12H15ClFN/c13-10-3-1-9(2-4-10)7-8-15-12-6-5-11(12)14/h1-4,11-12,15H,5-8H2. The number of hydrogen-bond acceptors (Lipinski definition) is 1. The molecule has 0 spiro atoms. The molecular formula is C12H15ClFN. The van der Waals surface area contributed by atoms with Crippen molar-refractivity contribution in [3.8, 4) is 0 Å². The summed E-state index contributed by atoms with van der Waals surface area (Å²) in [6.07, 6.45) is 2.00. The van der Waals surface area contributed by atoms with Crippen LogP contribution in [0.25, 0.3) is 0 Å². The molecule has 1 aliphatic carbocycles. The number of hydrogen-bond donors (Lipinski definition) is 1. The molecule has 1 fully saturated rings. The highest BCUT2D eigenvalue weighted by atomic mass is 35.5. The van der Waals surface area contributed by atoms with E-state index in [-0.39, 0.29) is 6.04 Å². The predicted octanol–water partition coefficient (Wildman–Crippen LogP) is 2.97. The maximum atomic E-state index is 12.9. The zero-order chi connectivity index (χ0) is 10.7. The van der Waals surface area contributed by atoms with Gasteiger partial charge in [-0.3, -0.25) is 0 Å². The molecule has 2 atom stereocenters. The Hall–Kier alpha value is -0.600. The molecule has 1 aromatic rings. The molecule has 2 unspecified atom stereocenters. The molecule has 1 aromatic carbocycles. The lowest BCUT2D eigenvalue weighted by Gasteiger charge is -2.31. The summed E-state index contributed by atoms with van der Waals surface area (Å²) in [5.74, 6) is 0. The van der Waals surface area contributed by atoms with E-state index in [1.54, 1.807) is 0 Å². The molecule has 0 aromatic heterocycles. The van der Waals surface area contributed by atoms with E-state index in [4.69, 9.17) is 11.6 Å². The molecule has 2 rings (SSSR count). The number of halogens is 2. The van der Waals surface area contributed by atoms with Crippen LogP contribution in [-0.4, -0.2) is 18.8 Å². The second-order valence-corrected chi connectivity index (χ2v) is 4.47. The molecule has 0 heterocycles. The van der Waals surface area contributed by atoms with Gasteiger partial charge in [-0.2, -0.15) is 0 Å². The van der Waals surface area contributed by atoms with E-state index in [0.29, 0.717) is 0 Å². The lowest BCUT2D eigenvalue weighted by Crippen LogP contribution is -2.46. The van der Waals surface area contributed by atoms with Gasteiger partial charge in [0.25, 0.3) is 0 Å². The quantitative estimate of drug-likeness (QED) is 0.834. The first-order valence-corrected chi connectivity index (χ1v) is 5.75. The molecule has 3 heteroatoms. The molecule has 1 aliphatic rings. The third kappa shape index (κ3) is 2.93. The summed E-state index contributed by atoms with van der Waals surface area (Å²) in [7, 11) is 0. The first kappa shape index (κ1) is 10.9. The number of rotatable bonds is 4. The fourth-order valence-corrected chi connectivity index (χ4v) is 1.87. The smallest absolute Gasteiger partial charge is 0.115 e. The topological polar surface area (TPSA) is 12.0 Å². The van der Waals surface area contributed by atoms with Crippen LogP contribution in [-0.2, 0) is 6.42 Å². The third-order valence-corrected chi connectivity index (χ3v) is 3.18. The van der Waals surface area contributed by atoms with Crippen molar-refractivity contribution < 1.29 is 4.39 Å². The van der Waals surface area contributed by atoms with Crippen molar-refractivity contribution in [1.29, 1.82) is 0 Å². The van der Waals surface area contributed by atoms with Gasteiger partial charge in [-0.05, 0) is 43.5 Å². The second-order valence-electron chi connectivity index (χ2n) is 4.03. The Morgan fingerprint density at radius 2 is 2.00 bits per heavy atom. The number of nitrogens with one attached hydrogen (secondary N) is 1. The zero-order valence-electron chi connectivity index (χ0n) is 8.55. The van der Waals surface area contributed by atoms with Crippen LogP contribution < -0.4 is 5.32 Å². The molecular weight excluding hydrogens is 213 g/mol. The van der Waals surface area contributed by atoms with Gasteiger partial charge < -0.3 is 5.32 Å². The van der Waals surface area contributed by atoms with Crippen LogP contribution in [0.4, 0.5) is 4.39 Å². The van der Waals surface area contributed by atoms with E-state index in [9.17, 15) is 4.39 Å². The highest BCUT2D eigenvalue weighted by molar-refractivity contribution is 6.30. The van der Waals surface area contributed by atoms with E-state index < -0.39 is 6.17 Å². The summed E-state index contributed by atoms with van der Waals surface area (Å²) in [6, 6.07) is 7.89. The lowest BCUT2D eigenvalue weighted by atomic mass is 9.90. The number of benzene rings is 1. The van der Waals surface area contributed by atoms with Gasteiger partial charge in [0, 0.05) is 11.1 Å². The summed E-state index contributed by atoms with van der Waals surface area (Å²) < 4.78 is 12.9. The van der Waals surface area contributed by atoms with Gasteiger partial charge in [0.2, 0.25) is 0 Å². The fraction of sp³-hybridized carbons (Fsp3) is 0.500. The van der Waals surface area contributed by atoms with Crippen molar-refractivity contribution in [3.63, 3.8) is 0 Å². The fourth-order valence-electron chi connectivity index (χ4n) is 1.74. The zero-order valence-corrected chi connectivity index (χ0v) is 9.30. The van der Waals surface area contributed by atoms with Gasteiger partial charge >= 0.3 is 0 Å². The van der Waals surface area contributed by atoms with Crippen LogP contribution >= 0.6 is 11.6 Å². The summed E-state index contributed by atoms with van der Waals surface area (Å²) in [5.41, 5.74) is 1.24. The molecule has 1 nitrogen and oxygen atoms in total. The highest BCUT2D eigenvalue weighted by Crippen LogP contribution is 2.22. The van der Waals surface area contributed by atoms with Crippen molar-refractivity contribution in [2.75, 3.05) is 6.54 Å². The SMILES string of the molecule is FC1CCC1NCCc1ccc(Cl)cc1. The van der Waals surface area contributed by atoms with Crippen molar-refractivity contribution in [3.05, 3.63) is 34.9 Å². The maximum absolute atomic E-state index is 12.9. The Morgan fingerprint density at radius 3 is 2.53 bits per heavy atom.